The lowest BCUT2D eigenvalue weighted by molar-refractivity contribution is 0.0918. The summed E-state index contributed by atoms with van der Waals surface area (Å²) in [4.78, 5) is 21.6. The highest BCUT2D eigenvalue weighted by Crippen LogP contribution is 2.32. The van der Waals surface area contributed by atoms with Gasteiger partial charge in [0.25, 0.3) is 5.91 Å². The van der Waals surface area contributed by atoms with Gasteiger partial charge in [-0.05, 0) is 99.7 Å². The number of thiazole rings is 1. The van der Waals surface area contributed by atoms with Gasteiger partial charge < -0.3 is 16.0 Å². The number of carbonyl (C=O) groups is 1. The lowest BCUT2D eigenvalue weighted by Gasteiger charge is -2.36. The van der Waals surface area contributed by atoms with E-state index in [1.54, 1.807) is 11.3 Å². The van der Waals surface area contributed by atoms with Crippen LogP contribution in [0.1, 0.15) is 79.2 Å². The largest absolute Gasteiger partial charge is 0.375 e. The summed E-state index contributed by atoms with van der Waals surface area (Å²) < 4.78 is 0. The van der Waals surface area contributed by atoms with Gasteiger partial charge in [0.2, 0.25) is 0 Å². The van der Waals surface area contributed by atoms with Gasteiger partial charge in [0.1, 0.15) is 0 Å². The first-order valence-electron chi connectivity index (χ1n) is 13.9. The summed E-state index contributed by atoms with van der Waals surface area (Å²) in [5.41, 5.74) is 7.99. The minimum Gasteiger partial charge on any atom is -0.375 e. The van der Waals surface area contributed by atoms with Crippen molar-refractivity contribution in [3.05, 3.63) is 58.6 Å². The number of anilines is 1. The first-order chi connectivity index (χ1) is 17.6. The van der Waals surface area contributed by atoms with E-state index in [4.69, 9.17) is 5.73 Å². The zero-order valence-corrected chi connectivity index (χ0v) is 22.4. The van der Waals surface area contributed by atoms with Gasteiger partial charge in [0, 0.05) is 22.5 Å². The Hall–Kier alpha value is -2.44. The molecule has 0 radical (unpaired) electrons. The van der Waals surface area contributed by atoms with Gasteiger partial charge in [-0.1, -0.05) is 43.7 Å². The molecule has 1 unspecified atom stereocenters. The molecule has 192 valence electrons. The molecule has 0 bridgehead atoms. The van der Waals surface area contributed by atoms with Crippen LogP contribution in [-0.4, -0.2) is 41.0 Å². The molecule has 1 aromatic heterocycles. The first kappa shape index (κ1) is 25.2. The van der Waals surface area contributed by atoms with E-state index >= 15 is 0 Å². The highest BCUT2D eigenvalue weighted by Gasteiger charge is 2.28. The average molecular weight is 505 g/mol. The number of nitrogens with zero attached hydrogens (tertiary/aromatic N) is 2. The van der Waals surface area contributed by atoms with Crippen LogP contribution in [0.4, 0.5) is 5.13 Å². The van der Waals surface area contributed by atoms with Crippen molar-refractivity contribution in [2.24, 2.45) is 5.92 Å². The minimum absolute atomic E-state index is 0.0651. The summed E-state index contributed by atoms with van der Waals surface area (Å²) >= 11 is 1.69. The lowest BCUT2D eigenvalue weighted by atomic mass is 9.83. The van der Waals surface area contributed by atoms with Crippen LogP contribution < -0.4 is 11.1 Å². The fourth-order valence-corrected chi connectivity index (χ4v) is 7.02. The van der Waals surface area contributed by atoms with Crippen LogP contribution in [-0.2, 0) is 12.8 Å². The lowest BCUT2D eigenvalue weighted by Crippen LogP contribution is -2.41. The fraction of sp³-hybridized carbons (Fsp3) is 0.533. The number of unbranched alkanes of at least 4 members (excludes halogenated alkanes) is 1. The van der Waals surface area contributed by atoms with Crippen molar-refractivity contribution in [1.82, 2.24) is 15.2 Å². The number of nitrogen functional groups attached to an aromatic ring is 1. The molecule has 1 amide bonds. The molecular formula is C30H40N4OS. The number of nitrogens with two attached hydrogens (primary N) is 1. The Labute approximate surface area is 219 Å². The number of carbonyl (C=O) groups excluding carboxylic acids is 1. The second-order valence-corrected chi connectivity index (χ2v) is 11.9. The summed E-state index contributed by atoms with van der Waals surface area (Å²) in [7, 11) is 0. The number of hydrogen-bond donors (Lipinski definition) is 2. The molecule has 36 heavy (non-hydrogen) atoms. The van der Waals surface area contributed by atoms with Gasteiger partial charge in [-0.2, -0.15) is 0 Å². The summed E-state index contributed by atoms with van der Waals surface area (Å²) in [6.07, 6.45) is 11.8. The van der Waals surface area contributed by atoms with Crippen LogP contribution in [0.5, 0.6) is 0 Å². The SMILES string of the molecule is CCCCN(CCC1CCC(NC(=O)c2ccc3ccccc3c2)CC1)C1CCc2nc(N)sc2C1. The van der Waals surface area contributed by atoms with Crippen LogP contribution in [0.15, 0.2) is 42.5 Å². The van der Waals surface area contributed by atoms with Gasteiger partial charge in [0.05, 0.1) is 5.69 Å². The zero-order chi connectivity index (χ0) is 24.9. The molecule has 0 aliphatic heterocycles. The molecule has 3 aromatic rings. The number of aromatic nitrogens is 1. The topological polar surface area (TPSA) is 71.2 Å². The third-order valence-electron chi connectivity index (χ3n) is 8.26. The molecule has 2 aromatic carbocycles. The minimum atomic E-state index is 0.0651. The highest BCUT2D eigenvalue weighted by molar-refractivity contribution is 7.15. The van der Waals surface area contributed by atoms with Crippen molar-refractivity contribution in [3.8, 4) is 0 Å². The van der Waals surface area contributed by atoms with Crippen LogP contribution in [0.3, 0.4) is 0 Å². The van der Waals surface area contributed by atoms with E-state index in [-0.39, 0.29) is 5.91 Å². The molecule has 5 rings (SSSR count). The summed E-state index contributed by atoms with van der Waals surface area (Å²) in [6.45, 7) is 4.67. The molecule has 0 saturated heterocycles. The number of hydrogen-bond acceptors (Lipinski definition) is 5. The first-order valence-corrected chi connectivity index (χ1v) is 14.7. The molecule has 1 heterocycles. The molecule has 1 fully saturated rings. The van der Waals surface area contributed by atoms with Crippen LogP contribution in [0, 0.1) is 5.92 Å². The second kappa shape index (κ2) is 11.7. The van der Waals surface area contributed by atoms with Gasteiger partial charge in [-0.3, -0.25) is 4.79 Å². The van der Waals surface area contributed by atoms with E-state index in [1.165, 1.54) is 67.6 Å². The van der Waals surface area contributed by atoms with E-state index in [1.807, 2.05) is 30.3 Å². The summed E-state index contributed by atoms with van der Waals surface area (Å²) in [5, 5.41) is 6.33. The molecule has 5 nitrogen and oxygen atoms in total. The third-order valence-corrected chi connectivity index (χ3v) is 9.21. The molecule has 1 saturated carbocycles. The number of fused-ring (bicyclic) bond motifs is 2. The Kier molecular flexibility index (Phi) is 8.22. The average Bonchev–Trinajstić information content (AvgIpc) is 3.28. The van der Waals surface area contributed by atoms with E-state index in [0.29, 0.717) is 12.1 Å². The van der Waals surface area contributed by atoms with Crippen molar-refractivity contribution >= 4 is 33.1 Å². The predicted octanol–water partition coefficient (Wildman–Crippen LogP) is 6.22. The Morgan fingerprint density at radius 3 is 2.69 bits per heavy atom. The van der Waals surface area contributed by atoms with E-state index in [0.717, 1.165) is 47.7 Å². The number of benzene rings is 2. The molecule has 0 spiro atoms. The van der Waals surface area contributed by atoms with Crippen LogP contribution in [0.25, 0.3) is 10.8 Å². The predicted molar refractivity (Wildman–Crippen MR) is 151 cm³/mol. The smallest absolute Gasteiger partial charge is 0.251 e. The third kappa shape index (κ3) is 6.09. The number of amides is 1. The maximum Gasteiger partial charge on any atom is 0.251 e. The van der Waals surface area contributed by atoms with E-state index in [2.05, 4.69) is 34.3 Å². The molecule has 3 N–H and O–H groups in total. The normalized spacial score (nSPS) is 22.0. The van der Waals surface area contributed by atoms with Crippen LogP contribution in [0.2, 0.25) is 0 Å². The number of rotatable bonds is 9. The monoisotopic (exact) mass is 504 g/mol. The number of aryl methyl sites for hydroxylation is 1. The zero-order valence-electron chi connectivity index (χ0n) is 21.5. The molecule has 2 aliphatic carbocycles. The van der Waals surface area contributed by atoms with Crippen molar-refractivity contribution in [1.29, 1.82) is 0 Å². The van der Waals surface area contributed by atoms with Gasteiger partial charge in [-0.15, -0.1) is 11.3 Å². The maximum absolute atomic E-state index is 12.9. The fourth-order valence-electron chi connectivity index (χ4n) is 6.07. The Morgan fingerprint density at radius 2 is 1.89 bits per heavy atom. The Morgan fingerprint density at radius 1 is 1.08 bits per heavy atom. The van der Waals surface area contributed by atoms with Crippen molar-refractivity contribution in [3.63, 3.8) is 0 Å². The molecular weight excluding hydrogens is 464 g/mol. The maximum atomic E-state index is 12.9. The molecule has 2 aliphatic rings. The van der Waals surface area contributed by atoms with Crippen molar-refractivity contribution in [2.75, 3.05) is 18.8 Å². The van der Waals surface area contributed by atoms with E-state index < -0.39 is 0 Å². The highest BCUT2D eigenvalue weighted by atomic mass is 32.1. The Bertz CT molecular complexity index is 1170. The quantitative estimate of drug-likeness (QED) is 0.363. The molecule has 1 atom stereocenters. The summed E-state index contributed by atoms with van der Waals surface area (Å²) in [6, 6.07) is 15.1. The van der Waals surface area contributed by atoms with Crippen LogP contribution >= 0.6 is 11.3 Å². The van der Waals surface area contributed by atoms with Gasteiger partial charge in [-0.25, -0.2) is 4.98 Å². The second-order valence-electron chi connectivity index (χ2n) is 10.7. The summed E-state index contributed by atoms with van der Waals surface area (Å²) in [5.74, 6) is 0.830. The van der Waals surface area contributed by atoms with E-state index in [9.17, 15) is 4.79 Å². The van der Waals surface area contributed by atoms with Crippen molar-refractivity contribution in [2.45, 2.75) is 83.2 Å². The number of nitrogens with one attached hydrogen (secondary N) is 1. The molecule has 6 heteroatoms. The standard InChI is InChI=1S/C30H40N4OS/c1-2-3-17-34(26-14-15-27-28(20-26)36-30(31)33-27)18-16-21-8-12-25(13-9-21)32-29(35)24-11-10-22-6-4-5-7-23(22)19-24/h4-7,10-11,19,21,25-26H,2-3,8-9,12-18,20H2,1H3,(H2,31,33)(H,32,35). The van der Waals surface area contributed by atoms with Crippen molar-refractivity contribution < 1.29 is 4.79 Å². The van der Waals surface area contributed by atoms with Gasteiger partial charge in [0.15, 0.2) is 5.13 Å². The Balaban J connectivity index is 1.10. The van der Waals surface area contributed by atoms with Gasteiger partial charge >= 0.3 is 0 Å².